The van der Waals surface area contributed by atoms with Crippen molar-refractivity contribution in [3.05, 3.63) is 28.3 Å². The highest BCUT2D eigenvalue weighted by Crippen LogP contribution is 2.24. The zero-order chi connectivity index (χ0) is 16.7. The normalized spacial score (nSPS) is 12.3. The number of aryl methyl sites for hydroxylation is 3. The first-order valence-electron chi connectivity index (χ1n) is 6.86. The van der Waals surface area contributed by atoms with Crippen LogP contribution in [0.15, 0.2) is 11.1 Å². The minimum absolute atomic E-state index is 0.113. The van der Waals surface area contributed by atoms with Crippen LogP contribution in [0.3, 0.4) is 0 Å². The largest absolute Gasteiger partial charge is 0.271 e. The van der Waals surface area contributed by atoms with Crippen molar-refractivity contribution < 1.29 is 8.42 Å². The summed E-state index contributed by atoms with van der Waals surface area (Å²) in [5.74, 6) is 0. The fraction of sp³-hybridized carbons (Fsp3) is 0.538. The van der Waals surface area contributed by atoms with Gasteiger partial charge in [-0.3, -0.25) is 9.36 Å². The van der Waals surface area contributed by atoms with Crippen molar-refractivity contribution in [1.82, 2.24) is 23.9 Å². The van der Waals surface area contributed by atoms with Crippen molar-refractivity contribution in [3.63, 3.8) is 0 Å². The van der Waals surface area contributed by atoms with Crippen molar-refractivity contribution in [2.24, 2.45) is 7.05 Å². The van der Waals surface area contributed by atoms with E-state index in [9.17, 15) is 8.42 Å². The molecule has 0 amide bonds. The highest BCUT2D eigenvalue weighted by atomic mass is 35.5. The average Bonchev–Trinajstić information content (AvgIpc) is 2.90. The number of sulfonamides is 1. The maximum Gasteiger partial charge on any atom is 0.246 e. The summed E-state index contributed by atoms with van der Waals surface area (Å²) >= 11 is 6.11. The summed E-state index contributed by atoms with van der Waals surface area (Å²) < 4.78 is 30.0. The Morgan fingerprint density at radius 2 is 1.95 bits per heavy atom. The average molecular weight is 346 g/mol. The van der Waals surface area contributed by atoms with Gasteiger partial charge in [0.1, 0.15) is 4.90 Å². The number of aromatic nitrogens is 4. The Balaban J connectivity index is 2.35. The van der Waals surface area contributed by atoms with Gasteiger partial charge in [-0.05, 0) is 20.8 Å². The summed E-state index contributed by atoms with van der Waals surface area (Å²) in [5, 5.41) is 8.91. The van der Waals surface area contributed by atoms with E-state index in [1.807, 2.05) is 6.92 Å². The highest BCUT2D eigenvalue weighted by molar-refractivity contribution is 7.89. The SMILES string of the molecule is CCn1cc(Cl)c(CN(C)S(=O)(=O)c2c(C)nn(C)c2C)n1. The first-order chi connectivity index (χ1) is 10.2. The first-order valence-corrected chi connectivity index (χ1v) is 8.68. The van der Waals surface area contributed by atoms with Crippen LogP contribution in [0.1, 0.15) is 24.0 Å². The van der Waals surface area contributed by atoms with Gasteiger partial charge in [-0.1, -0.05) is 11.6 Å². The predicted molar refractivity (Wildman–Crippen MR) is 84.2 cm³/mol. The summed E-state index contributed by atoms with van der Waals surface area (Å²) in [6.45, 7) is 6.15. The lowest BCUT2D eigenvalue weighted by atomic mass is 10.4. The molecule has 7 nitrogen and oxygen atoms in total. The summed E-state index contributed by atoms with van der Waals surface area (Å²) in [6.07, 6.45) is 1.69. The zero-order valence-corrected chi connectivity index (χ0v) is 14.9. The lowest BCUT2D eigenvalue weighted by Gasteiger charge is -2.16. The quantitative estimate of drug-likeness (QED) is 0.827. The molecule has 9 heteroatoms. The molecule has 2 heterocycles. The van der Waals surface area contributed by atoms with Gasteiger partial charge in [-0.2, -0.15) is 14.5 Å². The number of nitrogens with zero attached hydrogens (tertiary/aromatic N) is 5. The van der Waals surface area contributed by atoms with Crippen LogP contribution >= 0.6 is 11.6 Å². The van der Waals surface area contributed by atoms with Gasteiger partial charge in [0.15, 0.2) is 0 Å². The van der Waals surface area contributed by atoms with Gasteiger partial charge in [-0.25, -0.2) is 8.42 Å². The Hall–Kier alpha value is -1.38. The molecule has 0 atom stereocenters. The van der Waals surface area contributed by atoms with Gasteiger partial charge in [0.25, 0.3) is 0 Å². The maximum atomic E-state index is 12.8. The molecule has 0 aliphatic carbocycles. The molecule has 0 aliphatic heterocycles. The molecule has 0 bridgehead atoms. The summed E-state index contributed by atoms with van der Waals surface area (Å²) in [7, 11) is -0.410. The molecule has 0 fully saturated rings. The van der Waals surface area contributed by atoms with E-state index in [-0.39, 0.29) is 11.4 Å². The summed E-state index contributed by atoms with van der Waals surface area (Å²) in [5.41, 5.74) is 1.63. The van der Waals surface area contributed by atoms with Crippen LogP contribution < -0.4 is 0 Å². The highest BCUT2D eigenvalue weighted by Gasteiger charge is 2.29. The lowest BCUT2D eigenvalue weighted by molar-refractivity contribution is 0.457. The zero-order valence-electron chi connectivity index (χ0n) is 13.3. The van der Waals surface area contributed by atoms with Gasteiger partial charge in [0.2, 0.25) is 10.0 Å². The number of rotatable bonds is 5. The third-order valence-corrected chi connectivity index (χ3v) is 5.97. The van der Waals surface area contributed by atoms with Gasteiger partial charge in [0, 0.05) is 26.8 Å². The molecule has 0 N–H and O–H groups in total. The predicted octanol–water partition coefficient (Wildman–Crippen LogP) is 1.73. The third-order valence-electron chi connectivity index (χ3n) is 3.59. The molecule has 0 saturated heterocycles. The van der Waals surface area contributed by atoms with Crippen LogP contribution in [0.4, 0.5) is 0 Å². The van der Waals surface area contributed by atoms with Gasteiger partial charge in [-0.15, -0.1) is 0 Å². The molecule has 2 aromatic heterocycles. The van der Waals surface area contributed by atoms with Crippen molar-refractivity contribution in [3.8, 4) is 0 Å². The molecule has 0 saturated carbocycles. The second-order valence-corrected chi connectivity index (χ2v) is 7.55. The maximum absolute atomic E-state index is 12.8. The molecule has 0 radical (unpaired) electrons. The second-order valence-electron chi connectivity index (χ2n) is 5.16. The molecule has 0 aromatic carbocycles. The third kappa shape index (κ3) is 2.90. The Morgan fingerprint density at radius 1 is 1.32 bits per heavy atom. The molecular formula is C13H20ClN5O2S. The Kier molecular flexibility index (Phi) is 4.65. The topological polar surface area (TPSA) is 73.0 Å². The van der Waals surface area contributed by atoms with Gasteiger partial charge in [0.05, 0.1) is 28.6 Å². The Bertz CT molecular complexity index is 794. The smallest absolute Gasteiger partial charge is 0.246 e. The molecule has 0 aliphatic rings. The fourth-order valence-electron chi connectivity index (χ4n) is 2.29. The van der Waals surface area contributed by atoms with Crippen molar-refractivity contribution in [1.29, 1.82) is 0 Å². The standard InChI is InChI=1S/C13H20ClN5O2S/c1-6-19-7-11(14)12(16-19)8-17(4)22(20,21)13-9(2)15-18(5)10(13)3/h7H,6,8H2,1-5H3. The van der Waals surface area contributed by atoms with Crippen LogP contribution in [-0.4, -0.2) is 39.3 Å². The fourth-order valence-corrected chi connectivity index (χ4v) is 4.02. The van der Waals surface area contributed by atoms with Crippen molar-refractivity contribution in [2.75, 3.05) is 7.05 Å². The Labute approximate surface area is 135 Å². The van der Waals surface area contributed by atoms with E-state index in [0.29, 0.717) is 28.6 Å². The minimum Gasteiger partial charge on any atom is -0.271 e. The number of hydrogen-bond acceptors (Lipinski definition) is 4. The van der Waals surface area contributed by atoms with Crippen LogP contribution in [0, 0.1) is 13.8 Å². The van der Waals surface area contributed by atoms with Crippen molar-refractivity contribution in [2.45, 2.75) is 38.8 Å². The number of halogens is 1. The van der Waals surface area contributed by atoms with Gasteiger partial charge >= 0.3 is 0 Å². The van der Waals surface area contributed by atoms with Crippen LogP contribution in [0.2, 0.25) is 5.02 Å². The Morgan fingerprint density at radius 3 is 2.41 bits per heavy atom. The molecular weight excluding hydrogens is 326 g/mol. The monoisotopic (exact) mass is 345 g/mol. The van der Waals surface area contributed by atoms with E-state index in [2.05, 4.69) is 10.2 Å². The first kappa shape index (κ1) is 17.0. The molecule has 2 aromatic rings. The van der Waals surface area contributed by atoms with E-state index in [1.165, 1.54) is 11.4 Å². The van der Waals surface area contributed by atoms with Crippen LogP contribution in [0.25, 0.3) is 0 Å². The summed E-state index contributed by atoms with van der Waals surface area (Å²) in [4.78, 5) is 0.239. The van der Waals surface area contributed by atoms with E-state index in [0.717, 1.165) is 0 Å². The van der Waals surface area contributed by atoms with E-state index >= 15 is 0 Å². The van der Waals surface area contributed by atoms with Crippen LogP contribution in [-0.2, 0) is 30.2 Å². The van der Waals surface area contributed by atoms with Crippen LogP contribution in [0.5, 0.6) is 0 Å². The molecule has 0 spiro atoms. The number of hydrogen-bond donors (Lipinski definition) is 0. The van der Waals surface area contributed by atoms with E-state index < -0.39 is 10.0 Å². The van der Waals surface area contributed by atoms with Crippen molar-refractivity contribution >= 4 is 21.6 Å². The second kappa shape index (κ2) is 6.02. The molecule has 122 valence electrons. The lowest BCUT2D eigenvalue weighted by Crippen LogP contribution is -2.27. The molecule has 22 heavy (non-hydrogen) atoms. The summed E-state index contributed by atoms with van der Waals surface area (Å²) in [6, 6.07) is 0. The van der Waals surface area contributed by atoms with E-state index in [4.69, 9.17) is 11.6 Å². The minimum atomic E-state index is -3.65. The van der Waals surface area contributed by atoms with E-state index in [1.54, 1.807) is 36.5 Å². The molecule has 0 unspecified atom stereocenters. The van der Waals surface area contributed by atoms with Gasteiger partial charge < -0.3 is 0 Å². The molecule has 2 rings (SSSR count).